The molecule has 3 heterocycles. The summed E-state index contributed by atoms with van der Waals surface area (Å²) in [6, 6.07) is 0. The zero-order chi connectivity index (χ0) is 16.9. The number of aromatic nitrogens is 4. The lowest BCUT2D eigenvalue weighted by atomic mass is 10.2. The van der Waals surface area contributed by atoms with Crippen molar-refractivity contribution in [2.75, 3.05) is 26.2 Å². The van der Waals surface area contributed by atoms with E-state index in [0.29, 0.717) is 17.6 Å². The van der Waals surface area contributed by atoms with Crippen molar-refractivity contribution in [3.05, 3.63) is 22.9 Å². The minimum absolute atomic E-state index is 0.0172. The van der Waals surface area contributed by atoms with Gasteiger partial charge in [-0.3, -0.25) is 18.8 Å². The number of aryl methyl sites for hydroxylation is 1. The zero-order valence-corrected chi connectivity index (χ0v) is 14.1. The Kier molecular flexibility index (Phi) is 5.24. The third-order valence-corrected chi connectivity index (χ3v) is 4.48. The molecule has 2 aromatic heterocycles. The van der Waals surface area contributed by atoms with Gasteiger partial charge in [0.1, 0.15) is 18.3 Å². The molecule has 1 amide bonds. The van der Waals surface area contributed by atoms with E-state index in [0.717, 1.165) is 19.6 Å². The van der Waals surface area contributed by atoms with Gasteiger partial charge in [-0.2, -0.15) is 5.10 Å². The van der Waals surface area contributed by atoms with Crippen molar-refractivity contribution in [2.24, 2.45) is 7.05 Å². The maximum Gasteiger partial charge on any atom is 0.264 e. The highest BCUT2D eigenvalue weighted by Crippen LogP contribution is 2.08. The standard InChI is InChI=1S/C16H24N6O2/c1-20-15-13(10-19-20)16(24)22(12-18-15)11-14(23)17-6-9-21-7-4-2-3-5-8-21/h10,12H,2-9,11H2,1H3,(H,17,23). The lowest BCUT2D eigenvalue weighted by Gasteiger charge is -2.19. The topological polar surface area (TPSA) is 85.0 Å². The number of nitrogens with one attached hydrogen (secondary N) is 1. The lowest BCUT2D eigenvalue weighted by molar-refractivity contribution is -0.121. The molecule has 8 heteroatoms. The quantitative estimate of drug-likeness (QED) is 0.841. The normalized spacial score (nSPS) is 16.2. The Morgan fingerprint density at radius 3 is 2.75 bits per heavy atom. The maximum absolute atomic E-state index is 12.3. The molecule has 0 bridgehead atoms. The van der Waals surface area contributed by atoms with Gasteiger partial charge < -0.3 is 10.2 Å². The molecular formula is C16H24N6O2. The van der Waals surface area contributed by atoms with Crippen molar-refractivity contribution in [1.29, 1.82) is 0 Å². The van der Waals surface area contributed by atoms with Gasteiger partial charge in [-0.05, 0) is 25.9 Å². The number of amides is 1. The monoisotopic (exact) mass is 332 g/mol. The first kappa shape index (κ1) is 16.6. The summed E-state index contributed by atoms with van der Waals surface area (Å²) in [5, 5.41) is 7.34. The van der Waals surface area contributed by atoms with Crippen molar-refractivity contribution in [1.82, 2.24) is 29.5 Å². The summed E-state index contributed by atoms with van der Waals surface area (Å²) < 4.78 is 2.87. The van der Waals surface area contributed by atoms with Gasteiger partial charge in [0.15, 0.2) is 5.65 Å². The van der Waals surface area contributed by atoms with Gasteiger partial charge in [-0.1, -0.05) is 12.8 Å². The summed E-state index contributed by atoms with van der Waals surface area (Å²) in [5.74, 6) is -0.169. The fourth-order valence-corrected chi connectivity index (χ4v) is 3.10. The molecule has 2 aromatic rings. The van der Waals surface area contributed by atoms with Crippen LogP contribution < -0.4 is 10.9 Å². The van der Waals surface area contributed by atoms with E-state index in [1.807, 2.05) is 0 Å². The minimum atomic E-state index is -0.240. The number of likely N-dealkylation sites (tertiary alicyclic amines) is 1. The molecule has 1 N–H and O–H groups in total. The van der Waals surface area contributed by atoms with Crippen LogP contribution in [-0.4, -0.2) is 56.3 Å². The van der Waals surface area contributed by atoms with E-state index >= 15 is 0 Å². The van der Waals surface area contributed by atoms with Crippen molar-refractivity contribution in [3.8, 4) is 0 Å². The van der Waals surface area contributed by atoms with Gasteiger partial charge in [-0.15, -0.1) is 0 Å². The molecule has 24 heavy (non-hydrogen) atoms. The fourth-order valence-electron chi connectivity index (χ4n) is 3.10. The van der Waals surface area contributed by atoms with E-state index in [9.17, 15) is 9.59 Å². The van der Waals surface area contributed by atoms with Crippen LogP contribution in [0.1, 0.15) is 25.7 Å². The van der Waals surface area contributed by atoms with Crippen molar-refractivity contribution < 1.29 is 4.79 Å². The first-order valence-electron chi connectivity index (χ1n) is 8.51. The second-order valence-electron chi connectivity index (χ2n) is 6.29. The van der Waals surface area contributed by atoms with Gasteiger partial charge in [-0.25, -0.2) is 4.98 Å². The third kappa shape index (κ3) is 3.81. The maximum atomic E-state index is 12.3. The zero-order valence-electron chi connectivity index (χ0n) is 14.1. The Morgan fingerprint density at radius 1 is 1.25 bits per heavy atom. The van der Waals surface area contributed by atoms with Gasteiger partial charge in [0, 0.05) is 20.1 Å². The van der Waals surface area contributed by atoms with E-state index in [1.165, 1.54) is 42.8 Å². The Balaban J connectivity index is 1.53. The number of hydrogen-bond donors (Lipinski definition) is 1. The van der Waals surface area contributed by atoms with Gasteiger partial charge in [0.25, 0.3) is 5.56 Å². The van der Waals surface area contributed by atoms with E-state index in [1.54, 1.807) is 11.7 Å². The van der Waals surface area contributed by atoms with Crippen molar-refractivity contribution >= 4 is 16.9 Å². The molecule has 0 atom stereocenters. The summed E-state index contributed by atoms with van der Waals surface area (Å²) in [5.41, 5.74) is 0.286. The highest BCUT2D eigenvalue weighted by molar-refractivity contribution is 5.77. The molecule has 1 fully saturated rings. The first-order valence-corrected chi connectivity index (χ1v) is 8.51. The molecule has 0 unspecified atom stereocenters. The number of carbonyl (C=O) groups is 1. The summed E-state index contributed by atoms with van der Waals surface area (Å²) in [7, 11) is 1.73. The lowest BCUT2D eigenvalue weighted by Crippen LogP contribution is -2.38. The number of fused-ring (bicyclic) bond motifs is 1. The molecule has 1 saturated heterocycles. The molecule has 0 aliphatic carbocycles. The molecule has 1 aliphatic rings. The molecular weight excluding hydrogens is 308 g/mol. The van der Waals surface area contributed by atoms with Crippen LogP contribution in [0.3, 0.4) is 0 Å². The summed E-state index contributed by atoms with van der Waals surface area (Å²) >= 11 is 0. The first-order chi connectivity index (χ1) is 11.6. The molecule has 0 spiro atoms. The molecule has 1 aliphatic heterocycles. The summed E-state index contributed by atoms with van der Waals surface area (Å²) in [6.07, 6.45) is 7.96. The third-order valence-electron chi connectivity index (χ3n) is 4.48. The minimum Gasteiger partial charge on any atom is -0.353 e. The average molecular weight is 332 g/mol. The Morgan fingerprint density at radius 2 is 2.00 bits per heavy atom. The van der Waals surface area contributed by atoms with Gasteiger partial charge >= 0.3 is 0 Å². The fraction of sp³-hybridized carbons (Fsp3) is 0.625. The van der Waals surface area contributed by atoms with Crippen molar-refractivity contribution in [3.63, 3.8) is 0 Å². The molecule has 8 nitrogen and oxygen atoms in total. The highest BCUT2D eigenvalue weighted by Gasteiger charge is 2.12. The summed E-state index contributed by atoms with van der Waals surface area (Å²) in [4.78, 5) is 31.0. The number of nitrogens with zero attached hydrogens (tertiary/aromatic N) is 5. The van der Waals surface area contributed by atoms with E-state index < -0.39 is 0 Å². The number of hydrogen-bond acceptors (Lipinski definition) is 5. The van der Waals surface area contributed by atoms with Crippen molar-refractivity contribution in [2.45, 2.75) is 32.2 Å². The van der Waals surface area contributed by atoms with Crippen LogP contribution in [0.15, 0.2) is 17.3 Å². The second kappa shape index (κ2) is 7.57. The predicted molar refractivity (Wildman–Crippen MR) is 90.7 cm³/mol. The smallest absolute Gasteiger partial charge is 0.264 e. The van der Waals surface area contributed by atoms with Crippen LogP contribution in [-0.2, 0) is 18.4 Å². The van der Waals surface area contributed by atoms with E-state index in [2.05, 4.69) is 20.3 Å². The molecule has 0 radical (unpaired) electrons. The van der Waals surface area contributed by atoms with Crippen LogP contribution in [0.2, 0.25) is 0 Å². The Bertz CT molecular complexity index is 758. The van der Waals surface area contributed by atoms with E-state index in [4.69, 9.17) is 0 Å². The van der Waals surface area contributed by atoms with Crippen LogP contribution >= 0.6 is 0 Å². The highest BCUT2D eigenvalue weighted by atomic mass is 16.2. The Hall–Kier alpha value is -2.22. The van der Waals surface area contributed by atoms with Crippen LogP contribution in [0, 0.1) is 0 Å². The number of carbonyl (C=O) groups excluding carboxylic acids is 1. The van der Waals surface area contributed by atoms with E-state index in [-0.39, 0.29) is 18.0 Å². The SMILES string of the molecule is Cn1ncc2c(=O)n(CC(=O)NCCN3CCCCCC3)cnc21. The second-order valence-corrected chi connectivity index (χ2v) is 6.29. The van der Waals surface area contributed by atoms with Gasteiger partial charge in [0.05, 0.1) is 6.20 Å². The van der Waals surface area contributed by atoms with Crippen LogP contribution in [0.4, 0.5) is 0 Å². The molecule has 0 aromatic carbocycles. The number of rotatable bonds is 5. The molecule has 130 valence electrons. The molecule has 0 saturated carbocycles. The largest absolute Gasteiger partial charge is 0.353 e. The predicted octanol–water partition coefficient (Wildman–Crippen LogP) is 0.122. The Labute approximate surface area is 140 Å². The van der Waals surface area contributed by atoms with Crippen LogP contribution in [0.25, 0.3) is 11.0 Å². The molecule has 3 rings (SSSR count). The summed E-state index contributed by atoms with van der Waals surface area (Å²) in [6.45, 7) is 3.67. The van der Waals surface area contributed by atoms with Gasteiger partial charge in [0.2, 0.25) is 5.91 Å². The van der Waals surface area contributed by atoms with Crippen LogP contribution in [0.5, 0.6) is 0 Å². The average Bonchev–Trinajstić information content (AvgIpc) is 2.78.